The molecule has 2 aliphatic rings. The number of carboxylic acids is 1. The number of carbonyl (C=O) groups is 9. The third kappa shape index (κ3) is 14.0. The number of amides is 7. The van der Waals surface area contributed by atoms with E-state index in [4.69, 9.17) is 9.47 Å². The summed E-state index contributed by atoms with van der Waals surface area (Å²) >= 11 is 0. The van der Waals surface area contributed by atoms with Gasteiger partial charge in [0.2, 0.25) is 41.4 Å². The summed E-state index contributed by atoms with van der Waals surface area (Å²) in [4.78, 5) is 127. The highest BCUT2D eigenvalue weighted by Gasteiger charge is 2.46. The average Bonchev–Trinajstić information content (AvgIpc) is 3.31. The molecular formula is C49H61N7O14. The Balaban J connectivity index is 1.66. The number of nitrogens with zero attached hydrogens (tertiary/aromatic N) is 2. The number of aromatic hydroxyl groups is 1. The normalized spacial score (nSPS) is 24.4. The molecule has 21 heteroatoms. The number of aliphatic hydroxyl groups excluding tert-OH is 1. The van der Waals surface area contributed by atoms with Gasteiger partial charge in [-0.1, -0.05) is 68.4 Å². The van der Waals surface area contributed by atoms with E-state index in [0.717, 1.165) is 16.7 Å². The minimum Gasteiger partial charge on any atom is -0.508 e. The molecule has 2 aliphatic heterocycles. The summed E-state index contributed by atoms with van der Waals surface area (Å²) in [6.07, 6.45) is -4.82. The Morgan fingerprint density at radius 1 is 0.786 bits per heavy atom. The number of methoxy groups -OCH3 is 1. The number of fused-ring (bicyclic) bond motifs is 2. The first-order valence-corrected chi connectivity index (χ1v) is 22.8. The number of phenols is 1. The summed E-state index contributed by atoms with van der Waals surface area (Å²) in [6, 6.07) is 10.1. The summed E-state index contributed by atoms with van der Waals surface area (Å²) in [5, 5.41) is 43.7. The standard InChI is InChI=1S/C49H61N7O14/c1-26(2)41-49(68)70-27(3)42(54-44(63)36(25-40(60)61)50-28(4)57)46(65)52-35(22-30-12-16-32(58)17-13-30)43(62)51-34-20-21-39(59)56(47(34)66)38(24-29-10-8-7-9-11-29)48(67)55(5)37(45(64)53-41)23-31-14-18-33(69-6)19-15-31/h7-19,26-27,34-39,41-42,58-59H,20-25H2,1-6H3,(H,50,57)(H,51,62)(H,52,65)(H,53,64)(H,54,63)(H,60,61). The quantitative estimate of drug-likeness (QED) is 0.105. The second kappa shape index (κ2) is 24.1. The number of aliphatic hydroxyl groups is 1. The van der Waals surface area contributed by atoms with Gasteiger partial charge in [0.15, 0.2) is 0 Å². The second-order valence-electron chi connectivity index (χ2n) is 17.7. The molecule has 0 saturated carbocycles. The van der Waals surface area contributed by atoms with Gasteiger partial charge in [-0.3, -0.25) is 38.4 Å². The summed E-state index contributed by atoms with van der Waals surface area (Å²) in [5.74, 6) is -9.30. The number of esters is 1. The van der Waals surface area contributed by atoms with E-state index in [1.807, 2.05) is 0 Å². The third-order valence-electron chi connectivity index (χ3n) is 12.2. The Morgan fingerprint density at radius 3 is 1.99 bits per heavy atom. The van der Waals surface area contributed by atoms with Crippen molar-refractivity contribution in [3.8, 4) is 11.5 Å². The van der Waals surface area contributed by atoms with Crippen LogP contribution in [-0.4, -0.2) is 147 Å². The Hall–Kier alpha value is -7.55. The predicted molar refractivity (Wildman–Crippen MR) is 249 cm³/mol. The summed E-state index contributed by atoms with van der Waals surface area (Å²) in [5.41, 5.74) is 1.57. The maximum atomic E-state index is 15.1. The number of piperidine rings is 1. The number of rotatable bonds is 13. The van der Waals surface area contributed by atoms with Crippen LogP contribution in [0.5, 0.6) is 11.5 Å². The molecule has 3 aromatic carbocycles. The Kier molecular flexibility index (Phi) is 18.4. The molecule has 7 amide bonds. The Morgan fingerprint density at radius 2 is 1.39 bits per heavy atom. The fourth-order valence-electron chi connectivity index (χ4n) is 8.28. The number of carboxylic acid groups (broad SMARTS) is 1. The molecule has 5 rings (SSSR count). The molecule has 2 bridgehead atoms. The maximum absolute atomic E-state index is 15.1. The van der Waals surface area contributed by atoms with Gasteiger partial charge in [-0.05, 0) is 66.6 Å². The maximum Gasteiger partial charge on any atom is 0.329 e. The molecule has 9 atom stereocenters. The van der Waals surface area contributed by atoms with E-state index in [1.54, 1.807) is 68.4 Å². The lowest BCUT2D eigenvalue weighted by Crippen LogP contribution is -2.65. The van der Waals surface area contributed by atoms with Crippen LogP contribution in [0.4, 0.5) is 0 Å². The number of likely N-dealkylation sites (N-methyl/N-ethyl adjacent to an activating group) is 1. The third-order valence-corrected chi connectivity index (χ3v) is 12.2. The molecule has 0 spiro atoms. The number of nitrogens with one attached hydrogen (secondary N) is 5. The van der Waals surface area contributed by atoms with Crippen molar-refractivity contribution in [1.82, 2.24) is 36.4 Å². The molecule has 9 unspecified atom stereocenters. The van der Waals surface area contributed by atoms with Gasteiger partial charge < -0.3 is 61.2 Å². The molecule has 8 N–H and O–H groups in total. The van der Waals surface area contributed by atoms with Gasteiger partial charge >= 0.3 is 11.9 Å². The highest BCUT2D eigenvalue weighted by atomic mass is 16.5. The van der Waals surface area contributed by atoms with Gasteiger partial charge in [-0.2, -0.15) is 0 Å². The van der Waals surface area contributed by atoms with Crippen molar-refractivity contribution < 1.29 is 67.9 Å². The van der Waals surface area contributed by atoms with Crippen LogP contribution in [-0.2, 0) is 67.2 Å². The van der Waals surface area contributed by atoms with Crippen LogP contribution in [0.3, 0.4) is 0 Å². The smallest absolute Gasteiger partial charge is 0.329 e. The molecule has 21 nitrogen and oxygen atoms in total. The SMILES string of the molecule is COc1ccc(CC2C(=O)NC(C(C)C)C(=O)OC(C)C(NC(=O)C(CC(=O)O)NC(C)=O)C(=O)NC(Cc3ccc(O)cc3)C(=O)NC3CCC(O)N(C3=O)C(Cc3ccccc3)C(=O)N2C)cc1. The molecule has 2 fully saturated rings. The van der Waals surface area contributed by atoms with Gasteiger partial charge in [0, 0.05) is 33.2 Å². The molecule has 0 aliphatic carbocycles. The van der Waals surface area contributed by atoms with Crippen LogP contribution in [0.2, 0.25) is 0 Å². The molecule has 2 saturated heterocycles. The molecule has 3 aromatic rings. The van der Waals surface area contributed by atoms with Crippen LogP contribution in [0.15, 0.2) is 78.9 Å². The van der Waals surface area contributed by atoms with Crippen molar-refractivity contribution in [3.05, 3.63) is 95.6 Å². The van der Waals surface area contributed by atoms with E-state index >= 15 is 4.79 Å². The van der Waals surface area contributed by atoms with Crippen LogP contribution in [0.1, 0.15) is 63.6 Å². The van der Waals surface area contributed by atoms with E-state index in [-0.39, 0.29) is 37.9 Å². The van der Waals surface area contributed by atoms with E-state index in [1.165, 1.54) is 45.3 Å². The van der Waals surface area contributed by atoms with Crippen molar-refractivity contribution in [2.24, 2.45) is 5.92 Å². The summed E-state index contributed by atoms with van der Waals surface area (Å²) in [6.45, 7) is 5.46. The highest BCUT2D eigenvalue weighted by molar-refractivity contribution is 5.99. The first-order chi connectivity index (χ1) is 33.2. The minimum atomic E-state index is -1.89. The fourth-order valence-corrected chi connectivity index (χ4v) is 8.28. The lowest BCUT2D eigenvalue weighted by molar-refractivity contribution is -0.165. The van der Waals surface area contributed by atoms with Crippen molar-refractivity contribution >= 4 is 53.3 Å². The largest absolute Gasteiger partial charge is 0.508 e. The van der Waals surface area contributed by atoms with Crippen molar-refractivity contribution in [3.63, 3.8) is 0 Å². The van der Waals surface area contributed by atoms with E-state index in [9.17, 15) is 53.7 Å². The number of hydrogen-bond donors (Lipinski definition) is 8. The lowest BCUT2D eigenvalue weighted by atomic mass is 9.95. The van der Waals surface area contributed by atoms with Gasteiger partial charge in [0.05, 0.1) is 13.5 Å². The van der Waals surface area contributed by atoms with Crippen molar-refractivity contribution in [1.29, 1.82) is 0 Å². The number of carbonyl (C=O) groups excluding carboxylic acids is 8. The average molecular weight is 972 g/mol. The van der Waals surface area contributed by atoms with Crippen molar-refractivity contribution in [2.75, 3.05) is 14.2 Å². The van der Waals surface area contributed by atoms with Crippen LogP contribution < -0.4 is 31.3 Å². The summed E-state index contributed by atoms with van der Waals surface area (Å²) in [7, 11) is 2.84. The van der Waals surface area contributed by atoms with Gasteiger partial charge in [0.25, 0.3) is 0 Å². The lowest BCUT2D eigenvalue weighted by Gasteiger charge is -2.43. The first-order valence-electron chi connectivity index (χ1n) is 22.8. The second-order valence-corrected chi connectivity index (χ2v) is 17.7. The number of benzene rings is 3. The number of ether oxygens (including phenoxy) is 2. The highest BCUT2D eigenvalue weighted by Crippen LogP contribution is 2.26. The van der Waals surface area contributed by atoms with E-state index in [0.29, 0.717) is 22.4 Å². The van der Waals surface area contributed by atoms with Crippen LogP contribution >= 0.6 is 0 Å². The zero-order chi connectivity index (χ0) is 51.4. The molecule has 0 radical (unpaired) electrons. The summed E-state index contributed by atoms with van der Waals surface area (Å²) < 4.78 is 11.1. The molecule has 376 valence electrons. The fraction of sp³-hybridized carbons (Fsp3) is 0.449. The molecule has 0 aromatic heterocycles. The Labute approximate surface area is 404 Å². The predicted octanol–water partition coefficient (Wildman–Crippen LogP) is 0.0850. The number of phenolic OH excluding ortho intramolecular Hbond substituents is 1. The first kappa shape index (κ1) is 53.4. The number of hydrogen-bond acceptors (Lipinski definition) is 13. The zero-order valence-corrected chi connectivity index (χ0v) is 39.7. The molecular weight excluding hydrogens is 911 g/mol. The van der Waals surface area contributed by atoms with Crippen molar-refractivity contribution in [2.45, 2.75) is 121 Å². The van der Waals surface area contributed by atoms with E-state index in [2.05, 4.69) is 26.6 Å². The zero-order valence-electron chi connectivity index (χ0n) is 39.7. The van der Waals surface area contributed by atoms with E-state index < -0.39 is 120 Å². The van der Waals surface area contributed by atoms with Gasteiger partial charge in [-0.25, -0.2) is 4.79 Å². The van der Waals surface area contributed by atoms with Crippen LogP contribution in [0.25, 0.3) is 0 Å². The minimum absolute atomic E-state index is 0.106. The van der Waals surface area contributed by atoms with Crippen LogP contribution in [0, 0.1) is 5.92 Å². The Bertz CT molecular complexity index is 2370. The molecule has 70 heavy (non-hydrogen) atoms. The number of cyclic esters (lactones) is 1. The monoisotopic (exact) mass is 971 g/mol. The number of aliphatic carboxylic acids is 1. The van der Waals surface area contributed by atoms with Gasteiger partial charge in [-0.15, -0.1) is 0 Å². The topological polar surface area (TPSA) is 299 Å². The van der Waals surface area contributed by atoms with Gasteiger partial charge in [0.1, 0.15) is 66.1 Å². The molecule has 2 heterocycles.